The first kappa shape index (κ1) is 46.9. The van der Waals surface area contributed by atoms with Gasteiger partial charge in [0.05, 0.1) is 17.3 Å². The first-order chi connectivity index (χ1) is 35.9. The molecule has 73 heavy (non-hydrogen) atoms. The number of hydrogen-bond donors (Lipinski definition) is 4. The Morgan fingerprint density at radius 3 is 1.34 bits per heavy atom. The van der Waals surface area contributed by atoms with E-state index in [-0.39, 0.29) is 11.0 Å². The third kappa shape index (κ3) is 8.98. The molecule has 0 spiro atoms. The van der Waals surface area contributed by atoms with Crippen molar-refractivity contribution in [3.05, 3.63) is 304 Å². The molecule has 1 heterocycles. The van der Waals surface area contributed by atoms with E-state index >= 15 is 0 Å². The fraction of sp³-hybridized carbons (Fsp3) is 0.164. The second kappa shape index (κ2) is 20.3. The molecule has 2 bridgehead atoms. The second-order valence-corrected chi connectivity index (χ2v) is 19.9. The molecule has 0 saturated heterocycles. The van der Waals surface area contributed by atoms with Crippen LogP contribution in [0.5, 0.6) is 0 Å². The Kier molecular flexibility index (Phi) is 13.0. The van der Waals surface area contributed by atoms with E-state index in [0.717, 1.165) is 69.3 Å². The predicted molar refractivity (Wildman–Crippen MR) is 299 cm³/mol. The van der Waals surface area contributed by atoms with Crippen LogP contribution in [0.2, 0.25) is 0 Å². The molecule has 9 aromatic rings. The minimum absolute atomic E-state index is 0.0389. The van der Waals surface area contributed by atoms with E-state index in [1.165, 1.54) is 24.8 Å². The highest BCUT2D eigenvalue weighted by Crippen LogP contribution is 2.54. The van der Waals surface area contributed by atoms with Crippen molar-refractivity contribution in [3.63, 3.8) is 0 Å². The molecule has 0 aliphatic heterocycles. The van der Waals surface area contributed by atoms with Crippen LogP contribution in [0.3, 0.4) is 0 Å². The summed E-state index contributed by atoms with van der Waals surface area (Å²) in [7, 11) is 0. The average molecular weight is 949 g/mol. The van der Waals surface area contributed by atoms with E-state index in [0.29, 0.717) is 29.4 Å². The lowest BCUT2D eigenvalue weighted by molar-refractivity contribution is 0.0802. The van der Waals surface area contributed by atoms with Crippen molar-refractivity contribution in [2.24, 2.45) is 0 Å². The maximum absolute atomic E-state index is 10.3. The molecule has 0 atom stereocenters. The molecule has 358 valence electrons. The van der Waals surface area contributed by atoms with Gasteiger partial charge in [0.15, 0.2) is 5.82 Å². The predicted octanol–water partition coefficient (Wildman–Crippen LogP) is 14.4. The highest BCUT2D eigenvalue weighted by atomic mass is 15.1. The lowest BCUT2D eigenvalue weighted by atomic mass is 9.55. The molecule has 12 rings (SSSR count). The highest BCUT2D eigenvalue weighted by molar-refractivity contribution is 5.91. The quantitative estimate of drug-likeness (QED) is 0.0720. The van der Waals surface area contributed by atoms with Crippen LogP contribution in [0, 0.1) is 11.3 Å². The molecule has 5 N–H and O–H groups in total. The molecular weight excluding hydrogens is 889 g/mol. The minimum atomic E-state index is -0.946. The van der Waals surface area contributed by atoms with Gasteiger partial charge in [-0.3, -0.25) is 0 Å². The molecule has 3 fully saturated rings. The van der Waals surface area contributed by atoms with Gasteiger partial charge in [0.25, 0.3) is 0 Å². The van der Waals surface area contributed by atoms with Crippen LogP contribution in [0.1, 0.15) is 94.2 Å². The van der Waals surface area contributed by atoms with Crippen molar-refractivity contribution >= 4 is 22.9 Å². The van der Waals surface area contributed by atoms with Crippen LogP contribution in [0.15, 0.2) is 249 Å². The lowest BCUT2D eigenvalue weighted by Crippen LogP contribution is -2.56. The normalized spacial score (nSPS) is 17.6. The van der Waals surface area contributed by atoms with E-state index in [9.17, 15) is 5.26 Å². The van der Waals surface area contributed by atoms with Crippen molar-refractivity contribution in [1.82, 2.24) is 10.3 Å². The monoisotopic (exact) mass is 948 g/mol. The van der Waals surface area contributed by atoms with Crippen LogP contribution in [-0.4, -0.2) is 17.1 Å². The number of aromatic nitrogens is 1. The van der Waals surface area contributed by atoms with Crippen molar-refractivity contribution < 1.29 is 0 Å². The van der Waals surface area contributed by atoms with Gasteiger partial charge in [-0.05, 0) is 112 Å². The van der Waals surface area contributed by atoms with Crippen molar-refractivity contribution in [3.8, 4) is 6.07 Å². The molecule has 0 radical (unpaired) electrons. The van der Waals surface area contributed by atoms with Gasteiger partial charge in [-0.15, -0.1) is 0 Å². The maximum atomic E-state index is 10.3. The number of nitrogens with two attached hydrogens (primary N) is 1. The Balaban J connectivity index is 1.12. The minimum Gasteiger partial charge on any atom is -0.395 e. The first-order valence-electron chi connectivity index (χ1n) is 25.7. The molecule has 6 heteroatoms. The summed E-state index contributed by atoms with van der Waals surface area (Å²) in [6, 6.07) is 87.1. The van der Waals surface area contributed by atoms with Gasteiger partial charge < -0.3 is 21.7 Å². The Bertz CT molecular complexity index is 3140. The molecule has 0 unspecified atom stereocenters. The summed E-state index contributed by atoms with van der Waals surface area (Å²) in [5, 5.41) is 22.7. The zero-order valence-corrected chi connectivity index (χ0v) is 41.1. The van der Waals surface area contributed by atoms with Crippen molar-refractivity contribution in [2.75, 3.05) is 22.9 Å². The van der Waals surface area contributed by atoms with Gasteiger partial charge in [-0.1, -0.05) is 231 Å². The van der Waals surface area contributed by atoms with Crippen LogP contribution in [-0.2, 0) is 16.5 Å². The zero-order chi connectivity index (χ0) is 49.6. The van der Waals surface area contributed by atoms with Gasteiger partial charge in [0.1, 0.15) is 16.9 Å². The molecule has 6 nitrogen and oxygen atoms in total. The molecule has 1 aromatic heterocycles. The van der Waals surface area contributed by atoms with Gasteiger partial charge >= 0.3 is 0 Å². The number of nitrogens with one attached hydrogen (secondary N) is 3. The number of hydrogen-bond acceptors (Lipinski definition) is 6. The smallest absolute Gasteiger partial charge is 0.153 e. The molecule has 3 aliphatic carbocycles. The fourth-order valence-electron chi connectivity index (χ4n) is 12.1. The summed E-state index contributed by atoms with van der Waals surface area (Å²) in [5.74, 6) is 1.11. The average Bonchev–Trinajstić information content (AvgIpc) is 3.48. The van der Waals surface area contributed by atoms with Crippen LogP contribution in [0.4, 0.5) is 17.3 Å². The van der Waals surface area contributed by atoms with Crippen LogP contribution in [0.25, 0.3) is 5.57 Å². The number of nitrogens with zero attached hydrogens (tertiary/aromatic N) is 2. The molecule has 3 aliphatic rings. The van der Waals surface area contributed by atoms with E-state index in [1.54, 1.807) is 0 Å². The standard InChI is InChI=1S/C67H60N6/c68-49-50-23-22-24-51(47-50)59(39-46-70-65-43-40-64(41-44-65,42-45-65)52-25-8-1-9-26-52)60-48-61(72-66(53-27-10-2-11-28-53,54-29-12-3-13-30-54)55-31-14-4-15-32-55)71-63(62(60)69)73-67(56-33-16-5-17-34-56,57-35-18-6-19-36-57)58-37-20-7-21-38-58/h1-39,47-48,70H,40-46,69H2,(H2,71,72,73)/b59-39+. The van der Waals surface area contributed by atoms with Crippen molar-refractivity contribution in [1.29, 1.82) is 5.26 Å². The number of rotatable bonds is 16. The fourth-order valence-corrected chi connectivity index (χ4v) is 12.1. The largest absolute Gasteiger partial charge is 0.395 e. The molecule has 0 amide bonds. The summed E-state index contributed by atoms with van der Waals surface area (Å²) < 4.78 is 0. The second-order valence-electron chi connectivity index (χ2n) is 19.9. The summed E-state index contributed by atoms with van der Waals surface area (Å²) in [6.45, 7) is 0.613. The number of benzene rings is 8. The summed E-state index contributed by atoms with van der Waals surface area (Å²) in [5.41, 5.74) is 17.6. The number of pyridine rings is 1. The van der Waals surface area contributed by atoms with Gasteiger partial charge in [0.2, 0.25) is 0 Å². The summed E-state index contributed by atoms with van der Waals surface area (Å²) in [4.78, 5) is 5.64. The van der Waals surface area contributed by atoms with E-state index < -0.39 is 11.1 Å². The van der Waals surface area contributed by atoms with Gasteiger partial charge in [0, 0.05) is 17.6 Å². The summed E-state index contributed by atoms with van der Waals surface area (Å²) >= 11 is 0. The SMILES string of the molecule is N#Cc1cccc(/C(=C\CNC23CCC(c4ccccc4)(CC2)CC3)c2cc(NC(c3ccccc3)(c3ccccc3)c3ccccc3)nc(NC(c3ccccc3)(c3ccccc3)c3ccccc3)c2N)c1. The number of fused-ring (bicyclic) bond motifs is 3. The maximum Gasteiger partial charge on any atom is 0.153 e. The topological polar surface area (TPSA) is 98.8 Å². The Morgan fingerprint density at radius 1 is 0.507 bits per heavy atom. The Hall–Kier alpha value is -8.50. The number of anilines is 3. The Labute approximate surface area is 430 Å². The van der Waals surface area contributed by atoms with Crippen LogP contribution < -0.4 is 21.7 Å². The molecule has 3 saturated carbocycles. The van der Waals surface area contributed by atoms with E-state index in [1.807, 2.05) is 18.2 Å². The van der Waals surface area contributed by atoms with Crippen LogP contribution >= 0.6 is 0 Å². The van der Waals surface area contributed by atoms with E-state index in [4.69, 9.17) is 10.7 Å². The van der Waals surface area contributed by atoms with Gasteiger partial charge in [-0.2, -0.15) is 5.26 Å². The third-order valence-electron chi connectivity index (χ3n) is 15.9. The number of nitriles is 1. The first-order valence-corrected chi connectivity index (χ1v) is 25.7. The molecule has 8 aromatic carbocycles. The van der Waals surface area contributed by atoms with Crippen molar-refractivity contribution in [2.45, 2.75) is 60.6 Å². The van der Waals surface area contributed by atoms with Gasteiger partial charge in [-0.25, -0.2) is 4.98 Å². The highest BCUT2D eigenvalue weighted by Gasteiger charge is 2.49. The lowest BCUT2D eigenvalue weighted by Gasteiger charge is -2.54. The van der Waals surface area contributed by atoms with E-state index in [2.05, 4.69) is 253 Å². The third-order valence-corrected chi connectivity index (χ3v) is 15.9. The Morgan fingerprint density at radius 2 is 0.918 bits per heavy atom. The number of nitrogen functional groups attached to an aromatic ring is 1. The zero-order valence-electron chi connectivity index (χ0n) is 41.1. The molecular formula is C67H60N6. The summed E-state index contributed by atoms with van der Waals surface area (Å²) in [6.07, 6.45) is 9.16.